The zero-order valence-corrected chi connectivity index (χ0v) is 25.4. The third kappa shape index (κ3) is 6.28. The highest BCUT2D eigenvalue weighted by atomic mass is 28.5. The Morgan fingerprint density at radius 3 is 1.23 bits per heavy atom. The number of aliphatic carboxylic acids is 1. The van der Waals surface area contributed by atoms with Gasteiger partial charge in [0.15, 0.2) is 4.28 Å². The van der Waals surface area contributed by atoms with Crippen LogP contribution in [0, 0.1) is 5.92 Å². The van der Waals surface area contributed by atoms with Crippen LogP contribution in [-0.4, -0.2) is 114 Å². The van der Waals surface area contributed by atoms with Crippen molar-refractivity contribution in [2.45, 2.75) is 30.7 Å². The quantitative estimate of drug-likeness (QED) is 0.145. The molecule has 0 aromatic rings. The molecule has 0 aliphatic carbocycles. The Balaban J connectivity index is 7.55. The molecule has 0 saturated heterocycles. The first-order valence-electron chi connectivity index (χ1n) is 10.5. The van der Waals surface area contributed by atoms with Crippen LogP contribution < -0.4 is 0 Å². The van der Waals surface area contributed by atoms with Crippen molar-refractivity contribution in [2.75, 3.05) is 64.0 Å². The SMILES string of the molecule is CO[Si](OC)(OC)C(CC(OC(=O)/C=C/C(=O)O)C(C)C)([Si](OC)(OC)OC)[Si](OC)(OC)OC. The van der Waals surface area contributed by atoms with E-state index in [9.17, 15) is 9.59 Å². The standard InChI is InChI=1S/C19H40O13Si3/c1-15(2)16(32-18(22)13-12-17(20)21)14-19(33(23-3,24-4)25-5,34(26-6,27-7)28-8)35(29-9,30-10)31-11/h12-13,15-16H,14H2,1-11H3,(H,20,21)/b13-12+. The van der Waals surface area contributed by atoms with Gasteiger partial charge < -0.3 is 49.7 Å². The van der Waals surface area contributed by atoms with Gasteiger partial charge in [0.05, 0.1) is 0 Å². The average molecular weight is 561 g/mol. The summed E-state index contributed by atoms with van der Waals surface area (Å²) in [5.41, 5.74) is 0. The van der Waals surface area contributed by atoms with Gasteiger partial charge in [0, 0.05) is 82.6 Å². The van der Waals surface area contributed by atoms with Crippen LogP contribution >= 0.6 is 0 Å². The lowest BCUT2D eigenvalue weighted by molar-refractivity contribution is -0.146. The molecule has 0 aliphatic rings. The monoisotopic (exact) mass is 560 g/mol. The molecule has 0 aliphatic heterocycles. The predicted molar refractivity (Wildman–Crippen MR) is 129 cm³/mol. The topological polar surface area (TPSA) is 147 Å². The molecular weight excluding hydrogens is 520 g/mol. The minimum Gasteiger partial charge on any atom is -0.478 e. The average Bonchev–Trinajstić information content (AvgIpc) is 2.86. The van der Waals surface area contributed by atoms with E-state index >= 15 is 0 Å². The second kappa shape index (κ2) is 14.6. The van der Waals surface area contributed by atoms with Crippen LogP contribution in [-0.2, 0) is 54.2 Å². The summed E-state index contributed by atoms with van der Waals surface area (Å²) < 4.78 is 57.5. The van der Waals surface area contributed by atoms with Crippen LogP contribution in [0.25, 0.3) is 0 Å². The summed E-state index contributed by atoms with van der Waals surface area (Å²) in [5.74, 6) is -2.47. The van der Waals surface area contributed by atoms with E-state index in [1.165, 1.54) is 64.0 Å². The van der Waals surface area contributed by atoms with Gasteiger partial charge in [0.25, 0.3) is 0 Å². The first-order chi connectivity index (χ1) is 16.4. The smallest absolute Gasteiger partial charge is 0.478 e. The van der Waals surface area contributed by atoms with Gasteiger partial charge in [-0.1, -0.05) is 13.8 Å². The summed E-state index contributed by atoms with van der Waals surface area (Å²) in [7, 11) is 0.443. The maximum atomic E-state index is 12.5. The zero-order chi connectivity index (χ0) is 27.5. The fraction of sp³-hybridized carbons (Fsp3) is 0.789. The molecule has 0 fully saturated rings. The number of carbonyl (C=O) groups excluding carboxylic acids is 1. The molecule has 13 nitrogen and oxygen atoms in total. The molecule has 0 heterocycles. The van der Waals surface area contributed by atoms with Gasteiger partial charge in [0.1, 0.15) is 6.10 Å². The van der Waals surface area contributed by atoms with Crippen molar-refractivity contribution in [1.82, 2.24) is 0 Å². The van der Waals surface area contributed by atoms with Crippen LogP contribution in [0.15, 0.2) is 12.2 Å². The molecule has 16 heteroatoms. The summed E-state index contributed by atoms with van der Waals surface area (Å²) in [6, 6.07) is 0. The van der Waals surface area contributed by atoms with Crippen molar-refractivity contribution in [2.24, 2.45) is 5.92 Å². The van der Waals surface area contributed by atoms with Crippen molar-refractivity contribution in [3.05, 3.63) is 12.2 Å². The second-order valence-electron chi connectivity index (χ2n) is 7.51. The summed E-state index contributed by atoms with van der Waals surface area (Å²) >= 11 is 0. The summed E-state index contributed by atoms with van der Waals surface area (Å²) in [5, 5.41) is 8.87. The molecule has 0 aromatic heterocycles. The molecule has 0 saturated carbocycles. The Hall–Kier alpha value is -1.03. The maximum absolute atomic E-state index is 12.5. The molecule has 0 spiro atoms. The van der Waals surface area contributed by atoms with Crippen molar-refractivity contribution in [3.8, 4) is 0 Å². The molecule has 0 amide bonds. The van der Waals surface area contributed by atoms with E-state index < -0.39 is 48.7 Å². The lowest BCUT2D eigenvalue weighted by Gasteiger charge is -2.54. The normalized spacial score (nSPS) is 14.5. The van der Waals surface area contributed by atoms with E-state index in [0.717, 1.165) is 6.08 Å². The number of ether oxygens (including phenoxy) is 1. The van der Waals surface area contributed by atoms with Crippen LogP contribution in [0.4, 0.5) is 0 Å². The van der Waals surface area contributed by atoms with Gasteiger partial charge in [-0.3, -0.25) is 0 Å². The Bertz CT molecular complexity index is 616. The highest BCUT2D eigenvalue weighted by molar-refractivity contribution is 7.02. The lowest BCUT2D eigenvalue weighted by Crippen LogP contribution is -2.81. The van der Waals surface area contributed by atoms with E-state index in [0.29, 0.717) is 6.08 Å². The number of esters is 1. The number of rotatable bonds is 18. The molecule has 0 rings (SSSR count). The highest BCUT2D eigenvalue weighted by Crippen LogP contribution is 2.59. The third-order valence-corrected chi connectivity index (χ3v) is 20.0. The van der Waals surface area contributed by atoms with Crippen molar-refractivity contribution in [1.29, 1.82) is 0 Å². The van der Waals surface area contributed by atoms with Crippen LogP contribution in [0.3, 0.4) is 0 Å². The summed E-state index contributed by atoms with van der Waals surface area (Å²) in [6.07, 6.45) is 0.479. The Morgan fingerprint density at radius 2 is 1.00 bits per heavy atom. The number of hydrogen-bond donors (Lipinski definition) is 1. The first kappa shape index (κ1) is 34.0. The predicted octanol–water partition coefficient (Wildman–Crippen LogP) is 1.04. The number of carbonyl (C=O) groups is 2. The molecule has 1 atom stereocenters. The van der Waals surface area contributed by atoms with Gasteiger partial charge in [-0.25, -0.2) is 9.59 Å². The fourth-order valence-electron chi connectivity index (χ4n) is 4.30. The minimum absolute atomic E-state index is 0.122. The minimum atomic E-state index is -4.02. The van der Waals surface area contributed by atoms with Crippen molar-refractivity contribution >= 4 is 38.4 Å². The van der Waals surface area contributed by atoms with Crippen molar-refractivity contribution in [3.63, 3.8) is 0 Å². The van der Waals surface area contributed by atoms with Crippen LogP contribution in [0.5, 0.6) is 0 Å². The molecule has 35 heavy (non-hydrogen) atoms. The number of carboxylic acid groups (broad SMARTS) is 1. The zero-order valence-electron chi connectivity index (χ0n) is 22.4. The molecule has 1 N–H and O–H groups in total. The Labute approximate surface area is 210 Å². The molecule has 0 radical (unpaired) electrons. The number of hydrogen-bond acceptors (Lipinski definition) is 12. The van der Waals surface area contributed by atoms with E-state index in [1.807, 2.05) is 13.8 Å². The van der Waals surface area contributed by atoms with Gasteiger partial charge in [-0.15, -0.1) is 0 Å². The molecule has 0 bridgehead atoms. The van der Waals surface area contributed by atoms with E-state index in [1.54, 1.807) is 0 Å². The molecular formula is C19H40O13Si3. The van der Waals surface area contributed by atoms with Gasteiger partial charge in [-0.2, -0.15) is 0 Å². The molecule has 206 valence electrons. The van der Waals surface area contributed by atoms with Crippen LogP contribution in [0.1, 0.15) is 20.3 Å². The van der Waals surface area contributed by atoms with Gasteiger partial charge in [-0.05, 0) is 5.92 Å². The molecule has 0 aromatic carbocycles. The largest absolute Gasteiger partial charge is 0.516 e. The van der Waals surface area contributed by atoms with Crippen LogP contribution in [0.2, 0.25) is 4.28 Å². The fourth-order valence-corrected chi connectivity index (χ4v) is 20.3. The Morgan fingerprint density at radius 1 is 0.686 bits per heavy atom. The van der Waals surface area contributed by atoms with Gasteiger partial charge in [0.2, 0.25) is 0 Å². The third-order valence-electron chi connectivity index (χ3n) is 5.87. The highest BCUT2D eigenvalue weighted by Gasteiger charge is 2.89. The summed E-state index contributed by atoms with van der Waals surface area (Å²) in [6.45, 7) is 3.62. The first-order valence-corrected chi connectivity index (χ1v) is 15.7. The molecule has 1 unspecified atom stereocenters. The Kier molecular flexibility index (Phi) is 14.2. The van der Waals surface area contributed by atoms with E-state index in [2.05, 4.69) is 0 Å². The summed E-state index contributed by atoms with van der Waals surface area (Å²) in [4.78, 5) is 23.4. The van der Waals surface area contributed by atoms with E-state index in [-0.39, 0.29) is 12.3 Å². The second-order valence-corrected chi connectivity index (χ2v) is 18.6. The van der Waals surface area contributed by atoms with Crippen molar-refractivity contribution < 1.29 is 59.3 Å². The van der Waals surface area contributed by atoms with E-state index in [4.69, 9.17) is 49.7 Å². The lowest BCUT2D eigenvalue weighted by atomic mass is 10.0. The maximum Gasteiger partial charge on any atom is 0.516 e. The van der Waals surface area contributed by atoms with Gasteiger partial charge >= 0.3 is 38.4 Å². The number of carboxylic acids is 1.